The molecule has 1 amide bonds. The molecule has 0 unspecified atom stereocenters. The van der Waals surface area contributed by atoms with Gasteiger partial charge >= 0.3 is 0 Å². The highest BCUT2D eigenvalue weighted by atomic mass is 35.5. The molecule has 0 aromatic carbocycles. The molecular formula is C3H9ClN2OS. The molecule has 8 heavy (non-hydrogen) atoms. The van der Waals surface area contributed by atoms with Crippen molar-refractivity contribution in [1.82, 2.24) is 0 Å². The van der Waals surface area contributed by atoms with Gasteiger partial charge in [0.1, 0.15) is 0 Å². The third-order valence-corrected chi connectivity index (χ3v) is 0.956. The van der Waals surface area contributed by atoms with Crippen LogP contribution in [-0.2, 0) is 4.79 Å². The summed E-state index contributed by atoms with van der Waals surface area (Å²) in [6.07, 6.45) is 0. The van der Waals surface area contributed by atoms with Gasteiger partial charge in [-0.25, -0.2) is 0 Å². The third kappa shape index (κ3) is 4.23. The quantitative estimate of drug-likeness (QED) is 0.456. The number of nitrogens with two attached hydrogens (primary N) is 2. The number of carbonyl (C=O) groups is 1. The van der Waals surface area contributed by atoms with Crippen molar-refractivity contribution >= 4 is 30.9 Å². The Kier molecular flexibility index (Phi) is 7.13. The molecule has 50 valence electrons. The predicted molar refractivity (Wildman–Crippen MR) is 38.3 cm³/mol. The van der Waals surface area contributed by atoms with Gasteiger partial charge in [-0.2, -0.15) is 12.6 Å². The van der Waals surface area contributed by atoms with E-state index in [2.05, 4.69) is 12.6 Å². The first-order valence-corrected chi connectivity index (χ1v) is 2.47. The van der Waals surface area contributed by atoms with Gasteiger partial charge in [0.2, 0.25) is 5.91 Å². The van der Waals surface area contributed by atoms with Gasteiger partial charge in [0.05, 0.1) is 6.04 Å². The van der Waals surface area contributed by atoms with Crippen molar-refractivity contribution in [2.45, 2.75) is 6.04 Å². The number of thiol groups is 1. The zero-order valence-corrected chi connectivity index (χ0v) is 5.91. The summed E-state index contributed by atoms with van der Waals surface area (Å²) in [5.41, 5.74) is 9.80. The molecule has 0 spiro atoms. The molecule has 0 radical (unpaired) electrons. The number of rotatable bonds is 2. The fourth-order valence-corrected chi connectivity index (χ4v) is 0.270. The van der Waals surface area contributed by atoms with Crippen LogP contribution >= 0.6 is 25.0 Å². The lowest BCUT2D eigenvalue weighted by Gasteiger charge is -1.98. The van der Waals surface area contributed by atoms with Crippen LogP contribution in [0.15, 0.2) is 0 Å². The first kappa shape index (κ1) is 10.9. The maximum absolute atomic E-state index is 9.98. The van der Waals surface area contributed by atoms with Crippen LogP contribution in [0, 0.1) is 0 Å². The molecule has 0 aliphatic rings. The molecule has 0 saturated carbocycles. The molecule has 0 aliphatic carbocycles. The molecule has 0 aliphatic heterocycles. The molecule has 0 saturated heterocycles. The minimum Gasteiger partial charge on any atom is -0.368 e. The molecule has 5 heteroatoms. The average Bonchev–Trinajstić information content (AvgIpc) is 1.65. The Hall–Kier alpha value is 0.0700. The lowest BCUT2D eigenvalue weighted by Crippen LogP contribution is -2.37. The maximum Gasteiger partial charge on any atom is 0.235 e. The van der Waals surface area contributed by atoms with Gasteiger partial charge in [0.15, 0.2) is 0 Å². The molecule has 1 atom stereocenters. The van der Waals surface area contributed by atoms with E-state index in [0.29, 0.717) is 5.75 Å². The molecule has 0 fully saturated rings. The second-order valence-corrected chi connectivity index (χ2v) is 1.56. The molecule has 0 aromatic heterocycles. The Bertz CT molecular complexity index is 79.7. The van der Waals surface area contributed by atoms with Crippen LogP contribution in [0.25, 0.3) is 0 Å². The van der Waals surface area contributed by atoms with E-state index in [-0.39, 0.29) is 12.4 Å². The van der Waals surface area contributed by atoms with Crippen LogP contribution in [0.1, 0.15) is 0 Å². The van der Waals surface area contributed by atoms with Crippen LogP contribution in [0.5, 0.6) is 0 Å². The van der Waals surface area contributed by atoms with Crippen molar-refractivity contribution in [2.24, 2.45) is 11.5 Å². The first-order chi connectivity index (χ1) is 3.18. The highest BCUT2D eigenvalue weighted by Crippen LogP contribution is 1.77. The summed E-state index contributed by atoms with van der Waals surface area (Å²) in [6.45, 7) is 0. The smallest absolute Gasteiger partial charge is 0.235 e. The Morgan fingerprint density at radius 3 is 2.12 bits per heavy atom. The zero-order chi connectivity index (χ0) is 5.86. The van der Waals surface area contributed by atoms with E-state index in [1.165, 1.54) is 0 Å². The SMILES string of the molecule is Cl.NC(=O)[C@@H](N)CS. The average molecular weight is 157 g/mol. The number of hydrogen-bond donors (Lipinski definition) is 3. The van der Waals surface area contributed by atoms with Gasteiger partial charge in [-0.15, -0.1) is 12.4 Å². The van der Waals surface area contributed by atoms with Gasteiger partial charge in [0.25, 0.3) is 0 Å². The lowest BCUT2D eigenvalue weighted by atomic mass is 10.4. The fraction of sp³-hybridized carbons (Fsp3) is 0.667. The summed E-state index contributed by atoms with van der Waals surface area (Å²) in [6, 6.07) is -0.594. The molecule has 0 aromatic rings. The summed E-state index contributed by atoms with van der Waals surface area (Å²) in [7, 11) is 0. The topological polar surface area (TPSA) is 69.1 Å². The number of halogens is 1. The van der Waals surface area contributed by atoms with Crippen LogP contribution < -0.4 is 11.5 Å². The van der Waals surface area contributed by atoms with Gasteiger partial charge in [-0.05, 0) is 0 Å². The summed E-state index contributed by atoms with van der Waals surface area (Å²) in [4.78, 5) is 9.98. The second-order valence-electron chi connectivity index (χ2n) is 1.19. The van der Waals surface area contributed by atoms with E-state index < -0.39 is 11.9 Å². The number of carbonyl (C=O) groups excluding carboxylic acids is 1. The molecule has 4 N–H and O–H groups in total. The van der Waals surface area contributed by atoms with Crippen molar-refractivity contribution < 1.29 is 4.79 Å². The Labute approximate surface area is 59.6 Å². The molecule has 0 heterocycles. The van der Waals surface area contributed by atoms with Crippen molar-refractivity contribution in [1.29, 1.82) is 0 Å². The third-order valence-electron chi connectivity index (χ3n) is 0.562. The summed E-state index contributed by atoms with van der Waals surface area (Å²) in [5, 5.41) is 0. The standard InChI is InChI=1S/C3H8N2OS.ClH/c4-2(1-7)3(5)6;/h2,7H,1,4H2,(H2,5,6);1H/t2-;/m0./s1. The Balaban J connectivity index is 0. The van der Waals surface area contributed by atoms with Crippen LogP contribution in [0.3, 0.4) is 0 Å². The zero-order valence-electron chi connectivity index (χ0n) is 4.20. The first-order valence-electron chi connectivity index (χ1n) is 1.84. The second kappa shape index (κ2) is 5.21. The summed E-state index contributed by atoms with van der Waals surface area (Å²) >= 11 is 3.73. The lowest BCUT2D eigenvalue weighted by molar-refractivity contribution is -0.118. The van der Waals surface area contributed by atoms with Crippen molar-refractivity contribution in [3.63, 3.8) is 0 Å². The van der Waals surface area contributed by atoms with Crippen LogP contribution in [0.2, 0.25) is 0 Å². The number of amides is 1. The van der Waals surface area contributed by atoms with Crippen molar-refractivity contribution in [3.8, 4) is 0 Å². The predicted octanol–water partition coefficient (Wildman–Crippen LogP) is -0.849. The number of hydrogen-bond acceptors (Lipinski definition) is 3. The van der Waals surface area contributed by atoms with Gasteiger partial charge < -0.3 is 11.5 Å². The van der Waals surface area contributed by atoms with Crippen LogP contribution in [0.4, 0.5) is 0 Å². The van der Waals surface area contributed by atoms with E-state index in [1.807, 2.05) is 0 Å². The fourth-order valence-electron chi connectivity index (χ4n) is 0.0900. The van der Waals surface area contributed by atoms with E-state index in [9.17, 15) is 4.79 Å². The van der Waals surface area contributed by atoms with Crippen molar-refractivity contribution in [2.75, 3.05) is 5.75 Å². The Morgan fingerprint density at radius 2 is 2.12 bits per heavy atom. The molecular weight excluding hydrogens is 148 g/mol. The summed E-state index contributed by atoms with van der Waals surface area (Å²) in [5.74, 6) is -0.190. The van der Waals surface area contributed by atoms with E-state index >= 15 is 0 Å². The Morgan fingerprint density at radius 1 is 1.75 bits per heavy atom. The monoisotopic (exact) mass is 156 g/mol. The summed E-state index contributed by atoms with van der Waals surface area (Å²) < 4.78 is 0. The molecule has 0 bridgehead atoms. The van der Waals surface area contributed by atoms with E-state index in [1.54, 1.807) is 0 Å². The highest BCUT2D eigenvalue weighted by Gasteiger charge is 2.03. The van der Waals surface area contributed by atoms with Gasteiger partial charge in [-0.1, -0.05) is 0 Å². The van der Waals surface area contributed by atoms with E-state index in [0.717, 1.165) is 0 Å². The highest BCUT2D eigenvalue weighted by molar-refractivity contribution is 7.80. The maximum atomic E-state index is 9.98. The van der Waals surface area contributed by atoms with Gasteiger partial charge in [-0.3, -0.25) is 4.79 Å². The van der Waals surface area contributed by atoms with Crippen molar-refractivity contribution in [3.05, 3.63) is 0 Å². The normalized spacial score (nSPS) is 11.8. The minimum absolute atomic E-state index is 0. The van der Waals surface area contributed by atoms with E-state index in [4.69, 9.17) is 11.5 Å². The number of primary amides is 1. The minimum atomic E-state index is -0.594. The molecule has 0 rings (SSSR count). The largest absolute Gasteiger partial charge is 0.368 e. The van der Waals surface area contributed by atoms with Crippen LogP contribution in [-0.4, -0.2) is 17.7 Å². The van der Waals surface area contributed by atoms with Gasteiger partial charge in [0, 0.05) is 5.75 Å². The molecule has 3 nitrogen and oxygen atoms in total.